The van der Waals surface area contributed by atoms with Crippen LogP contribution in [0.5, 0.6) is 0 Å². The van der Waals surface area contributed by atoms with Crippen molar-refractivity contribution in [1.82, 2.24) is 14.4 Å². The summed E-state index contributed by atoms with van der Waals surface area (Å²) in [6, 6.07) is -0.919. The zero-order valence-electron chi connectivity index (χ0n) is 15.6. The number of hydrogen-bond acceptors (Lipinski definition) is 4. The first-order valence-electron chi connectivity index (χ1n) is 8.80. The van der Waals surface area contributed by atoms with E-state index in [-0.39, 0.29) is 18.5 Å². The predicted octanol–water partition coefficient (Wildman–Crippen LogP) is 1.32. The first-order valence-corrected chi connectivity index (χ1v) is 8.80. The van der Waals surface area contributed by atoms with Crippen molar-refractivity contribution in [3.05, 3.63) is 11.4 Å². The number of ether oxygens (including phenoxy) is 1. The third kappa shape index (κ3) is 2.55. The number of carbonyl (C=O) groups excluding carboxylic acids is 2. The first kappa shape index (κ1) is 17.6. The molecule has 1 aromatic heterocycles. The average Bonchev–Trinajstić information content (AvgIpc) is 3.08. The molecule has 2 aliphatic rings. The van der Waals surface area contributed by atoms with E-state index >= 15 is 0 Å². The molecule has 0 spiro atoms. The van der Waals surface area contributed by atoms with Crippen LogP contribution in [-0.2, 0) is 16.1 Å². The van der Waals surface area contributed by atoms with Crippen LogP contribution in [0.2, 0.25) is 0 Å². The van der Waals surface area contributed by atoms with Crippen LogP contribution in [-0.4, -0.2) is 58.9 Å². The van der Waals surface area contributed by atoms with E-state index in [0.29, 0.717) is 19.0 Å². The standard InChI is InChI=1S/C17H26N5O3/c1-6-8-20-11(3)12(4)22-13-14(18-16(20)22)19(5)17(24)21(15(13)23)9-10-25-7-2/h13H,6-10H2,1-5H3/q+1. The molecule has 25 heavy (non-hydrogen) atoms. The van der Waals surface area contributed by atoms with Crippen LogP contribution in [0.1, 0.15) is 37.7 Å². The Morgan fingerprint density at radius 3 is 2.60 bits per heavy atom. The number of likely N-dealkylation sites (N-methyl/N-ethyl adjacent to an activating group) is 1. The summed E-state index contributed by atoms with van der Waals surface area (Å²) in [4.78, 5) is 33.1. The molecular formula is C17H26N5O3+. The normalized spacial score (nSPS) is 19.4. The first-order chi connectivity index (χ1) is 11.9. The monoisotopic (exact) mass is 348 g/mol. The summed E-state index contributed by atoms with van der Waals surface area (Å²) < 4.78 is 9.40. The van der Waals surface area contributed by atoms with Crippen LogP contribution in [0.25, 0.3) is 0 Å². The summed E-state index contributed by atoms with van der Waals surface area (Å²) in [5.41, 5.74) is 2.11. The minimum atomic E-state index is -0.573. The Hall–Kier alpha value is -2.22. The number of nitrogens with zero attached hydrogens (tertiary/aromatic N) is 5. The molecule has 3 amide bonds. The van der Waals surface area contributed by atoms with Crippen molar-refractivity contribution in [3.63, 3.8) is 0 Å². The molecule has 1 atom stereocenters. The number of imidazole rings is 1. The van der Waals surface area contributed by atoms with Gasteiger partial charge in [0.05, 0.1) is 19.7 Å². The molecule has 1 saturated heterocycles. The van der Waals surface area contributed by atoms with Crippen LogP contribution in [0.3, 0.4) is 0 Å². The van der Waals surface area contributed by atoms with Crippen molar-refractivity contribution in [2.45, 2.75) is 46.7 Å². The molecule has 136 valence electrons. The third-order valence-electron chi connectivity index (χ3n) is 4.94. The molecule has 3 rings (SSSR count). The topological polar surface area (TPSA) is 71.0 Å². The fourth-order valence-corrected chi connectivity index (χ4v) is 3.50. The van der Waals surface area contributed by atoms with E-state index in [1.165, 1.54) is 9.80 Å². The van der Waals surface area contributed by atoms with E-state index in [4.69, 9.17) is 4.74 Å². The number of fused-ring (bicyclic) bond motifs is 3. The number of imide groups is 1. The fourth-order valence-electron chi connectivity index (χ4n) is 3.50. The van der Waals surface area contributed by atoms with Gasteiger partial charge in [0, 0.05) is 13.7 Å². The van der Waals surface area contributed by atoms with E-state index in [0.717, 1.165) is 30.3 Å². The number of rotatable bonds is 6. The van der Waals surface area contributed by atoms with Crippen molar-refractivity contribution in [1.29, 1.82) is 0 Å². The van der Waals surface area contributed by atoms with Gasteiger partial charge in [-0.05, 0) is 27.2 Å². The maximum absolute atomic E-state index is 13.1. The summed E-state index contributed by atoms with van der Waals surface area (Å²) >= 11 is 0. The second kappa shape index (κ2) is 6.59. The lowest BCUT2D eigenvalue weighted by Crippen LogP contribution is -2.58. The molecule has 0 bridgehead atoms. The zero-order valence-corrected chi connectivity index (χ0v) is 15.6. The number of aromatic nitrogens is 2. The Balaban J connectivity index is 2.02. The lowest BCUT2D eigenvalue weighted by atomic mass is 10.1. The van der Waals surface area contributed by atoms with Gasteiger partial charge >= 0.3 is 12.0 Å². The van der Waals surface area contributed by atoms with E-state index in [1.807, 2.05) is 25.3 Å². The Labute approximate surface area is 147 Å². The van der Waals surface area contributed by atoms with Crippen LogP contribution in [0.15, 0.2) is 4.99 Å². The van der Waals surface area contributed by atoms with Gasteiger partial charge in [0.1, 0.15) is 11.4 Å². The highest BCUT2D eigenvalue weighted by molar-refractivity contribution is 6.20. The molecule has 2 aliphatic heterocycles. The summed E-state index contributed by atoms with van der Waals surface area (Å²) in [5.74, 6) is 1.02. The Bertz CT molecular complexity index is 752. The van der Waals surface area contributed by atoms with E-state index < -0.39 is 6.04 Å². The molecule has 8 heteroatoms. The van der Waals surface area contributed by atoms with Crippen LogP contribution in [0.4, 0.5) is 10.7 Å². The largest absolute Gasteiger partial charge is 0.402 e. The van der Waals surface area contributed by atoms with Crippen LogP contribution >= 0.6 is 0 Å². The third-order valence-corrected chi connectivity index (χ3v) is 4.94. The zero-order chi connectivity index (χ0) is 18.3. The highest BCUT2D eigenvalue weighted by Crippen LogP contribution is 2.35. The summed E-state index contributed by atoms with van der Waals surface area (Å²) in [6.45, 7) is 10.0. The van der Waals surface area contributed by atoms with Gasteiger partial charge in [-0.1, -0.05) is 11.9 Å². The molecular weight excluding hydrogens is 322 g/mol. The predicted molar refractivity (Wildman–Crippen MR) is 91.9 cm³/mol. The van der Waals surface area contributed by atoms with Crippen LogP contribution in [0, 0.1) is 13.8 Å². The number of amides is 3. The number of hydrogen-bond donors (Lipinski definition) is 0. The van der Waals surface area contributed by atoms with Gasteiger partial charge in [0.15, 0.2) is 0 Å². The quantitative estimate of drug-likeness (QED) is 0.575. The van der Waals surface area contributed by atoms with E-state index in [2.05, 4.69) is 16.5 Å². The maximum atomic E-state index is 13.1. The lowest BCUT2D eigenvalue weighted by Gasteiger charge is -2.33. The molecule has 3 heterocycles. The molecule has 8 nitrogen and oxygen atoms in total. The van der Waals surface area contributed by atoms with Gasteiger partial charge in [0.2, 0.25) is 11.9 Å². The Morgan fingerprint density at radius 2 is 1.96 bits per heavy atom. The maximum Gasteiger partial charge on any atom is 0.402 e. The summed E-state index contributed by atoms with van der Waals surface area (Å²) in [6.07, 6.45) is 0.973. The molecule has 0 aromatic carbocycles. The van der Waals surface area contributed by atoms with Crippen LogP contribution < -0.4 is 4.57 Å². The number of aliphatic imine (C=N–C) groups is 1. The Kier molecular flexibility index (Phi) is 4.64. The molecule has 0 N–H and O–H groups in total. The number of amidine groups is 1. The van der Waals surface area contributed by atoms with Crippen molar-refractivity contribution in [2.75, 3.05) is 26.8 Å². The van der Waals surface area contributed by atoms with Crippen molar-refractivity contribution >= 4 is 23.7 Å². The van der Waals surface area contributed by atoms with Crippen molar-refractivity contribution in [2.24, 2.45) is 4.99 Å². The van der Waals surface area contributed by atoms with Crippen molar-refractivity contribution < 1.29 is 18.9 Å². The van der Waals surface area contributed by atoms with Gasteiger partial charge in [-0.3, -0.25) is 14.6 Å². The average molecular weight is 348 g/mol. The van der Waals surface area contributed by atoms with Crippen molar-refractivity contribution in [3.8, 4) is 0 Å². The minimum Gasteiger partial charge on any atom is -0.380 e. The summed E-state index contributed by atoms with van der Waals surface area (Å²) in [5, 5.41) is 0. The van der Waals surface area contributed by atoms with Gasteiger partial charge in [-0.15, -0.1) is 0 Å². The molecule has 1 unspecified atom stereocenters. The number of urea groups is 1. The van der Waals surface area contributed by atoms with Gasteiger partial charge in [-0.25, -0.2) is 13.9 Å². The SMILES string of the molecule is CCC[n+]1c(C)c(C)n2c1N=C1C2C(=O)N(CCOCC)C(=O)N1C. The smallest absolute Gasteiger partial charge is 0.380 e. The number of carbonyl (C=O) groups is 2. The minimum absolute atomic E-state index is 0.234. The van der Waals surface area contributed by atoms with Gasteiger partial charge in [0.25, 0.3) is 5.91 Å². The molecule has 0 aliphatic carbocycles. The Morgan fingerprint density at radius 1 is 1.24 bits per heavy atom. The molecule has 0 saturated carbocycles. The molecule has 1 fully saturated rings. The molecule has 1 aromatic rings. The van der Waals surface area contributed by atoms with Gasteiger partial charge in [-0.2, -0.15) is 0 Å². The second-order valence-electron chi connectivity index (χ2n) is 6.39. The fraction of sp³-hybridized carbons (Fsp3) is 0.647. The molecule has 0 radical (unpaired) electrons. The summed E-state index contributed by atoms with van der Waals surface area (Å²) in [7, 11) is 1.67. The second-order valence-corrected chi connectivity index (χ2v) is 6.39. The van der Waals surface area contributed by atoms with Gasteiger partial charge < -0.3 is 4.74 Å². The van der Waals surface area contributed by atoms with E-state index in [9.17, 15) is 9.59 Å². The highest BCUT2D eigenvalue weighted by Gasteiger charge is 2.53. The highest BCUT2D eigenvalue weighted by atomic mass is 16.5. The van der Waals surface area contributed by atoms with E-state index in [1.54, 1.807) is 7.05 Å². The lowest BCUT2D eigenvalue weighted by molar-refractivity contribution is -0.689.